The molecule has 2 aliphatic heterocycles. The van der Waals surface area contributed by atoms with E-state index in [1.165, 1.54) is 0 Å². The van der Waals surface area contributed by atoms with Crippen molar-refractivity contribution in [1.82, 2.24) is 29.9 Å². The van der Waals surface area contributed by atoms with Crippen molar-refractivity contribution < 1.29 is 14.4 Å². The molecule has 1 aromatic carbocycles. The number of benzene rings is 1. The van der Waals surface area contributed by atoms with Gasteiger partial charge in [-0.25, -0.2) is 9.67 Å². The van der Waals surface area contributed by atoms with Crippen LogP contribution in [0.25, 0.3) is 0 Å². The number of fused-ring (bicyclic) bond motifs is 2. The summed E-state index contributed by atoms with van der Waals surface area (Å²) in [5, 5.41) is 11.9. The number of thiophene rings is 1. The fourth-order valence-electron chi connectivity index (χ4n) is 5.54. The predicted molar refractivity (Wildman–Crippen MR) is 149 cm³/mol. The molecule has 0 unspecified atom stereocenters. The smallest absolute Gasteiger partial charge is 0.243 e. The monoisotopic (exact) mass is 548 g/mol. The van der Waals surface area contributed by atoms with E-state index in [0.29, 0.717) is 69.9 Å². The molecule has 0 saturated carbocycles. The summed E-state index contributed by atoms with van der Waals surface area (Å²) in [7, 11) is 0. The zero-order valence-electron chi connectivity index (χ0n) is 22.4. The molecule has 0 bridgehead atoms. The maximum Gasteiger partial charge on any atom is 0.243 e. The van der Waals surface area contributed by atoms with Crippen molar-refractivity contribution in [3.8, 4) is 0 Å². The van der Waals surface area contributed by atoms with Gasteiger partial charge in [0.2, 0.25) is 17.7 Å². The highest BCUT2D eigenvalue weighted by atomic mass is 32.1. The number of amides is 3. The molecular weight excluding hydrogens is 512 g/mol. The van der Waals surface area contributed by atoms with E-state index in [4.69, 9.17) is 4.98 Å². The largest absolute Gasteiger partial charge is 0.344 e. The summed E-state index contributed by atoms with van der Waals surface area (Å²) in [5.41, 5.74) is 2.07. The van der Waals surface area contributed by atoms with Gasteiger partial charge in [0, 0.05) is 26.1 Å². The molecule has 1 saturated heterocycles. The van der Waals surface area contributed by atoms with Crippen molar-refractivity contribution in [2.24, 2.45) is 0 Å². The Kier molecular flexibility index (Phi) is 8.71. The lowest BCUT2D eigenvalue weighted by Crippen LogP contribution is -2.53. The third-order valence-corrected chi connectivity index (χ3v) is 8.26. The van der Waals surface area contributed by atoms with Crippen molar-refractivity contribution >= 4 is 29.1 Å². The molecule has 2 aliphatic rings. The van der Waals surface area contributed by atoms with Crippen LogP contribution in [0.15, 0.2) is 47.2 Å². The van der Waals surface area contributed by atoms with Crippen LogP contribution in [0.4, 0.5) is 0 Å². The quantitative estimate of drug-likeness (QED) is 0.539. The van der Waals surface area contributed by atoms with Crippen LogP contribution < -0.4 is 5.32 Å². The van der Waals surface area contributed by atoms with E-state index in [1.54, 1.807) is 16.2 Å². The van der Waals surface area contributed by atoms with Crippen LogP contribution in [0, 0.1) is 6.92 Å². The van der Waals surface area contributed by atoms with E-state index in [9.17, 15) is 14.4 Å². The fraction of sp³-hybridized carbons (Fsp3) is 0.483. The van der Waals surface area contributed by atoms with E-state index in [-0.39, 0.29) is 17.7 Å². The summed E-state index contributed by atoms with van der Waals surface area (Å²) in [6, 6.07) is 11.1. The normalized spacial score (nSPS) is 21.1. The molecule has 9 nitrogen and oxygen atoms in total. The molecule has 2 atom stereocenters. The zero-order valence-corrected chi connectivity index (χ0v) is 23.2. The van der Waals surface area contributed by atoms with Gasteiger partial charge in [0.1, 0.15) is 17.7 Å². The molecule has 3 amide bonds. The van der Waals surface area contributed by atoms with Crippen LogP contribution in [-0.2, 0) is 33.8 Å². The first-order valence-electron chi connectivity index (χ1n) is 13.8. The van der Waals surface area contributed by atoms with Crippen LogP contribution >= 0.6 is 11.3 Å². The summed E-state index contributed by atoms with van der Waals surface area (Å²) >= 11 is 1.58. The van der Waals surface area contributed by atoms with E-state index in [1.807, 2.05) is 63.7 Å². The van der Waals surface area contributed by atoms with E-state index in [2.05, 4.69) is 10.4 Å². The first-order valence-corrected chi connectivity index (χ1v) is 14.8. The number of nitrogens with one attached hydrogen (secondary N) is 1. The highest BCUT2D eigenvalue weighted by Crippen LogP contribution is 2.23. The van der Waals surface area contributed by atoms with Gasteiger partial charge in [0.25, 0.3) is 0 Å². The van der Waals surface area contributed by atoms with Gasteiger partial charge in [0.05, 0.1) is 19.0 Å². The lowest BCUT2D eigenvalue weighted by Gasteiger charge is -2.36. The first-order chi connectivity index (χ1) is 19.0. The number of hydrogen-bond acceptors (Lipinski definition) is 6. The van der Waals surface area contributed by atoms with Gasteiger partial charge in [-0.05, 0) is 67.0 Å². The van der Waals surface area contributed by atoms with E-state index < -0.39 is 12.1 Å². The highest BCUT2D eigenvalue weighted by Gasteiger charge is 2.34. The minimum absolute atomic E-state index is 0.0178. The average Bonchev–Trinajstić information content (AvgIpc) is 3.59. The second-order valence-electron chi connectivity index (χ2n) is 10.4. The number of piperidine rings is 1. The van der Waals surface area contributed by atoms with Gasteiger partial charge in [-0.2, -0.15) is 16.4 Å². The Morgan fingerprint density at radius 1 is 1.03 bits per heavy atom. The Bertz CT molecular complexity index is 1280. The summed E-state index contributed by atoms with van der Waals surface area (Å²) in [6.45, 7) is 3.81. The molecule has 2 aromatic heterocycles. The molecule has 206 valence electrons. The minimum Gasteiger partial charge on any atom is -0.344 e. The molecule has 1 N–H and O–H groups in total. The number of rotatable bonds is 4. The second-order valence-corrected chi connectivity index (χ2v) is 11.2. The van der Waals surface area contributed by atoms with E-state index in [0.717, 1.165) is 24.0 Å². The summed E-state index contributed by atoms with van der Waals surface area (Å²) in [5.74, 6) is 1.17. The van der Waals surface area contributed by atoms with Crippen LogP contribution in [0.2, 0.25) is 0 Å². The van der Waals surface area contributed by atoms with Gasteiger partial charge < -0.3 is 15.1 Å². The predicted octanol–water partition coefficient (Wildman–Crippen LogP) is 3.29. The molecule has 0 aliphatic carbocycles. The van der Waals surface area contributed by atoms with Crippen molar-refractivity contribution in [1.29, 1.82) is 0 Å². The number of aromatic nitrogens is 3. The SMILES string of the molecule is Cc1nc2n(n1)CCN(C(=O)Cc1ccsc1)CCCC(=O)N1CCCC[C@H]1C(=O)N[C@@H]2Cc1ccccc1. The highest BCUT2D eigenvalue weighted by molar-refractivity contribution is 7.08. The Morgan fingerprint density at radius 3 is 2.67 bits per heavy atom. The van der Waals surface area contributed by atoms with Crippen molar-refractivity contribution in [2.75, 3.05) is 19.6 Å². The molecular formula is C29H36N6O3S. The molecule has 10 heteroatoms. The molecule has 1 fully saturated rings. The third-order valence-electron chi connectivity index (χ3n) is 7.53. The zero-order chi connectivity index (χ0) is 27.2. The van der Waals surface area contributed by atoms with Crippen molar-refractivity contribution in [3.05, 3.63) is 69.9 Å². The minimum atomic E-state index is -0.499. The Labute approximate surface area is 233 Å². The van der Waals surface area contributed by atoms with Gasteiger partial charge >= 0.3 is 0 Å². The van der Waals surface area contributed by atoms with Crippen molar-refractivity contribution in [2.45, 2.75) is 70.5 Å². The molecule has 0 radical (unpaired) electrons. The number of nitrogens with zero attached hydrogens (tertiary/aromatic N) is 5. The average molecular weight is 549 g/mol. The maximum absolute atomic E-state index is 13.7. The molecule has 4 heterocycles. The molecule has 0 spiro atoms. The van der Waals surface area contributed by atoms with Gasteiger partial charge in [-0.3, -0.25) is 14.4 Å². The van der Waals surface area contributed by atoms with Gasteiger partial charge in [0.15, 0.2) is 0 Å². The number of hydrogen-bond donors (Lipinski definition) is 1. The summed E-state index contributed by atoms with van der Waals surface area (Å²) < 4.78 is 1.84. The lowest BCUT2D eigenvalue weighted by molar-refractivity contribution is -0.143. The Morgan fingerprint density at radius 2 is 1.87 bits per heavy atom. The molecule has 39 heavy (non-hydrogen) atoms. The fourth-order valence-corrected chi connectivity index (χ4v) is 6.21. The van der Waals surface area contributed by atoms with Crippen LogP contribution in [0.3, 0.4) is 0 Å². The second kappa shape index (κ2) is 12.5. The van der Waals surface area contributed by atoms with Crippen LogP contribution in [0.5, 0.6) is 0 Å². The topological polar surface area (TPSA) is 100 Å². The van der Waals surface area contributed by atoms with Gasteiger partial charge in [-0.15, -0.1) is 0 Å². The molecule has 5 rings (SSSR count). The summed E-state index contributed by atoms with van der Waals surface area (Å²) in [6.07, 6.45) is 4.19. The number of carbonyl (C=O) groups is 3. The van der Waals surface area contributed by atoms with Crippen LogP contribution in [-0.4, -0.2) is 68.0 Å². The van der Waals surface area contributed by atoms with Gasteiger partial charge in [-0.1, -0.05) is 30.3 Å². The van der Waals surface area contributed by atoms with Crippen LogP contribution in [0.1, 0.15) is 60.9 Å². The van der Waals surface area contributed by atoms with E-state index >= 15 is 0 Å². The maximum atomic E-state index is 13.7. The Hall–Kier alpha value is -3.53. The standard InChI is InChI=1S/C29H36N6O3S/c1-21-30-28-24(18-22-8-3-2-4-9-22)31-29(38)25-10-5-6-14-34(25)26(36)11-7-13-33(15-16-35(28)32-21)27(37)19-23-12-17-39-20-23/h2-4,8-9,12,17,20,24-25H,5-7,10-11,13-16,18-19H2,1H3,(H,31,38)/t24-,25+/m1/s1. The number of carbonyl (C=O) groups excluding carboxylic acids is 3. The molecule has 3 aromatic rings. The lowest BCUT2D eigenvalue weighted by atomic mass is 9.99. The summed E-state index contributed by atoms with van der Waals surface area (Å²) in [4.78, 5) is 48.6. The number of aryl methyl sites for hydroxylation is 1. The Balaban J connectivity index is 1.46. The first kappa shape index (κ1) is 27.1. The third kappa shape index (κ3) is 6.73. The van der Waals surface area contributed by atoms with Crippen molar-refractivity contribution in [3.63, 3.8) is 0 Å².